The summed E-state index contributed by atoms with van der Waals surface area (Å²) in [6.45, 7) is 18.2. The quantitative estimate of drug-likeness (QED) is 0.136. The molecule has 6 heteroatoms. The molecule has 0 fully saturated rings. The summed E-state index contributed by atoms with van der Waals surface area (Å²) in [5.74, 6) is 3.15. The van der Waals surface area contributed by atoms with Gasteiger partial charge in [0.15, 0.2) is 0 Å². The van der Waals surface area contributed by atoms with Crippen LogP contribution in [-0.2, 0) is 39.3 Å². The summed E-state index contributed by atoms with van der Waals surface area (Å²) in [7, 11) is 0. The molecule has 3 heterocycles. The Bertz CT molecular complexity index is 2290. The summed E-state index contributed by atoms with van der Waals surface area (Å²) in [5.41, 5.74) is 10.7. The Morgan fingerprint density at radius 3 is 2.18 bits per heavy atom. The Morgan fingerprint density at radius 2 is 1.49 bits per heavy atom. The number of para-hydroxylation sites is 1. The zero-order valence-electron chi connectivity index (χ0n) is 30.8. The molecule has 0 N–H and O–H groups in total. The molecule has 7 aromatic rings. The third-order valence-electron chi connectivity index (χ3n) is 9.20. The van der Waals surface area contributed by atoms with E-state index in [9.17, 15) is 0 Å². The van der Waals surface area contributed by atoms with Gasteiger partial charge in [-0.1, -0.05) is 84.3 Å². The Kier molecular flexibility index (Phi) is 10.4. The van der Waals surface area contributed by atoms with E-state index in [1.807, 2.05) is 47.4 Å². The molecule has 5 nitrogen and oxygen atoms in total. The number of hydrogen-bond acceptors (Lipinski definition) is 3. The van der Waals surface area contributed by atoms with Gasteiger partial charge in [0.2, 0.25) is 0 Å². The van der Waals surface area contributed by atoms with Gasteiger partial charge in [0.25, 0.3) is 0 Å². The van der Waals surface area contributed by atoms with Crippen LogP contribution < -0.4 is 4.74 Å². The van der Waals surface area contributed by atoms with E-state index in [2.05, 4.69) is 127 Å². The topological polar surface area (TPSA) is 44.9 Å². The van der Waals surface area contributed by atoms with Crippen LogP contribution in [-0.4, -0.2) is 19.3 Å². The molecule has 0 aliphatic rings. The molecule has 51 heavy (non-hydrogen) atoms. The molecular weight excluding hydrogens is 808 g/mol. The van der Waals surface area contributed by atoms with E-state index in [0.717, 1.165) is 57.3 Å². The number of benzene rings is 4. The van der Waals surface area contributed by atoms with Crippen molar-refractivity contribution in [2.75, 3.05) is 0 Å². The first-order valence-corrected chi connectivity index (χ1v) is 17.7. The van der Waals surface area contributed by atoms with E-state index in [1.54, 1.807) is 0 Å². The standard InChI is InChI=1S/C45H46N4O.Pt/c1-29(2)20-32-23-35(45(6,7)8)24-33(21-30(3)4)44(32)34-27-47-48(28-34)36-12-11-13-37(25-36)50-38-16-17-40-39-14-9-10-15-41(39)49(42(40)26-38)43-22-31(5)18-19-46-43;/h9-19,22-24,27-30H,20-21H2,1-8H3;/q-2;+2. The van der Waals surface area contributed by atoms with E-state index in [4.69, 9.17) is 14.8 Å². The molecule has 0 unspecified atom stereocenters. The molecule has 0 atom stereocenters. The number of aryl methyl sites for hydroxylation is 1. The van der Waals surface area contributed by atoms with Crippen LogP contribution in [0.5, 0.6) is 11.5 Å². The maximum absolute atomic E-state index is 6.44. The van der Waals surface area contributed by atoms with Crippen LogP contribution in [0.15, 0.2) is 97.5 Å². The summed E-state index contributed by atoms with van der Waals surface area (Å²) >= 11 is 0. The normalized spacial score (nSPS) is 11.9. The minimum absolute atomic E-state index is 0. The average molecular weight is 854 g/mol. The van der Waals surface area contributed by atoms with Gasteiger partial charge in [-0.05, 0) is 94.1 Å². The van der Waals surface area contributed by atoms with Gasteiger partial charge in [0.05, 0.1) is 6.20 Å². The van der Waals surface area contributed by atoms with Gasteiger partial charge >= 0.3 is 21.1 Å². The predicted molar refractivity (Wildman–Crippen MR) is 206 cm³/mol. The molecule has 7 rings (SSSR count). The van der Waals surface area contributed by atoms with Crippen LogP contribution in [0, 0.1) is 30.9 Å². The number of nitrogens with zero attached hydrogens (tertiary/aromatic N) is 4. The van der Waals surface area contributed by atoms with Crippen molar-refractivity contribution in [2.24, 2.45) is 11.8 Å². The van der Waals surface area contributed by atoms with Crippen LogP contribution in [0.3, 0.4) is 0 Å². The molecule has 0 aliphatic carbocycles. The smallest absolute Gasteiger partial charge is 0.509 e. The average Bonchev–Trinajstić information content (AvgIpc) is 3.67. The van der Waals surface area contributed by atoms with Crippen LogP contribution >= 0.6 is 0 Å². The fraction of sp³-hybridized carbons (Fsp3) is 0.289. The Hall–Kier alpha value is -4.47. The van der Waals surface area contributed by atoms with Gasteiger partial charge in [-0.25, -0.2) is 4.98 Å². The number of pyridine rings is 1. The van der Waals surface area contributed by atoms with Crippen molar-refractivity contribution in [1.82, 2.24) is 19.3 Å². The molecule has 0 spiro atoms. The second-order valence-electron chi connectivity index (χ2n) is 15.4. The van der Waals surface area contributed by atoms with E-state index < -0.39 is 0 Å². The monoisotopic (exact) mass is 853 g/mol. The third kappa shape index (κ3) is 7.60. The predicted octanol–water partition coefficient (Wildman–Crippen LogP) is 11.4. The van der Waals surface area contributed by atoms with E-state index >= 15 is 0 Å². The fourth-order valence-electron chi connectivity index (χ4n) is 6.92. The molecule has 0 amide bonds. The third-order valence-corrected chi connectivity index (χ3v) is 9.20. The van der Waals surface area contributed by atoms with E-state index in [-0.39, 0.29) is 26.5 Å². The van der Waals surface area contributed by atoms with E-state index in [1.165, 1.54) is 22.3 Å². The first-order chi connectivity index (χ1) is 23.9. The van der Waals surface area contributed by atoms with Crippen LogP contribution in [0.4, 0.5) is 0 Å². The maximum Gasteiger partial charge on any atom is 2.00 e. The van der Waals surface area contributed by atoms with Crippen molar-refractivity contribution in [3.63, 3.8) is 0 Å². The number of aromatic nitrogens is 4. The van der Waals surface area contributed by atoms with Gasteiger partial charge < -0.3 is 9.30 Å². The van der Waals surface area contributed by atoms with Crippen molar-refractivity contribution >= 4 is 21.8 Å². The Balaban J connectivity index is 0.00000448. The fourth-order valence-corrected chi connectivity index (χ4v) is 6.92. The van der Waals surface area contributed by atoms with Crippen molar-refractivity contribution in [3.8, 4) is 34.1 Å². The summed E-state index contributed by atoms with van der Waals surface area (Å²) in [6.07, 6.45) is 8.03. The largest absolute Gasteiger partial charge is 2.00 e. The first kappa shape index (κ1) is 36.3. The molecule has 4 aromatic carbocycles. The zero-order chi connectivity index (χ0) is 35.2. The molecule has 262 valence electrons. The zero-order valence-corrected chi connectivity index (χ0v) is 33.1. The van der Waals surface area contributed by atoms with Crippen molar-refractivity contribution < 1.29 is 25.8 Å². The summed E-state index contributed by atoms with van der Waals surface area (Å²) in [5, 5.41) is 7.10. The summed E-state index contributed by atoms with van der Waals surface area (Å²) < 4.78 is 10.5. The molecule has 0 aliphatic heterocycles. The minimum Gasteiger partial charge on any atom is -0.509 e. The Morgan fingerprint density at radius 1 is 0.784 bits per heavy atom. The van der Waals surface area contributed by atoms with Gasteiger partial charge in [-0.2, -0.15) is 17.2 Å². The summed E-state index contributed by atoms with van der Waals surface area (Å²) in [6, 6.07) is 34.4. The number of fused-ring (bicyclic) bond motifs is 3. The molecule has 0 bridgehead atoms. The molecule has 0 radical (unpaired) electrons. The molecule has 3 aromatic heterocycles. The number of hydrogen-bond donors (Lipinski definition) is 0. The number of ether oxygens (including phenoxy) is 1. The van der Waals surface area contributed by atoms with Gasteiger partial charge in [-0.3, -0.25) is 4.68 Å². The van der Waals surface area contributed by atoms with Gasteiger partial charge in [-0.15, -0.1) is 35.7 Å². The second-order valence-corrected chi connectivity index (χ2v) is 15.4. The van der Waals surface area contributed by atoms with Crippen LogP contribution in [0.25, 0.3) is 44.4 Å². The maximum atomic E-state index is 6.44. The van der Waals surface area contributed by atoms with Crippen molar-refractivity contribution in [3.05, 3.63) is 132 Å². The van der Waals surface area contributed by atoms with Crippen LogP contribution in [0.1, 0.15) is 70.7 Å². The van der Waals surface area contributed by atoms with Gasteiger partial charge in [0.1, 0.15) is 5.82 Å². The Labute approximate surface area is 317 Å². The van der Waals surface area contributed by atoms with Gasteiger partial charge in [0, 0.05) is 35.0 Å². The number of rotatable bonds is 9. The van der Waals surface area contributed by atoms with Crippen molar-refractivity contribution in [2.45, 2.75) is 73.6 Å². The second kappa shape index (κ2) is 14.6. The van der Waals surface area contributed by atoms with Crippen molar-refractivity contribution in [1.29, 1.82) is 0 Å². The van der Waals surface area contributed by atoms with E-state index in [0.29, 0.717) is 23.3 Å². The SMILES string of the molecule is Cc1ccnc(-n2c3[c-]c(Oc4[c-]c(-n5cc(-c6c(CC(C)C)cc(C(C)(C)C)cc6CC(C)C)cn5)ccc4)ccc3c3ccccc32)c1.[Pt+2]. The molecular formula is C45H46N4OPt. The summed E-state index contributed by atoms with van der Waals surface area (Å²) in [4.78, 5) is 4.70. The molecule has 0 saturated carbocycles. The minimum atomic E-state index is 0. The first-order valence-electron chi connectivity index (χ1n) is 17.7. The van der Waals surface area contributed by atoms with Crippen LogP contribution in [0.2, 0.25) is 0 Å². The molecule has 0 saturated heterocycles.